The van der Waals surface area contributed by atoms with Gasteiger partial charge in [0, 0.05) is 4.88 Å². The summed E-state index contributed by atoms with van der Waals surface area (Å²) in [5, 5.41) is 11.8. The number of nitriles is 1. The van der Waals surface area contributed by atoms with E-state index in [0.29, 0.717) is 23.4 Å². The Hall–Kier alpha value is -1.39. The lowest BCUT2D eigenvalue weighted by atomic mass is 10.1. The zero-order valence-corrected chi connectivity index (χ0v) is 14.1. The molecule has 0 atom stereocenters. The van der Waals surface area contributed by atoms with Crippen molar-refractivity contribution in [3.8, 4) is 6.07 Å². The monoisotopic (exact) mass is 326 g/mol. The molecule has 0 spiro atoms. The number of nitrogens with zero attached hydrogens (tertiary/aromatic N) is 1. The minimum Gasteiger partial charge on any atom is -0.315 e. The van der Waals surface area contributed by atoms with Gasteiger partial charge in [-0.1, -0.05) is 0 Å². The Bertz CT molecular complexity index is 735. The zero-order valence-electron chi connectivity index (χ0n) is 12.5. The average molecular weight is 326 g/mol. The lowest BCUT2D eigenvalue weighted by Crippen LogP contribution is -2.46. The first-order valence-corrected chi connectivity index (χ1v) is 9.04. The van der Waals surface area contributed by atoms with Gasteiger partial charge in [0.15, 0.2) is 9.84 Å². The molecule has 114 valence electrons. The lowest BCUT2D eigenvalue weighted by molar-refractivity contribution is -0.117. The van der Waals surface area contributed by atoms with Crippen LogP contribution in [0.1, 0.15) is 42.7 Å². The number of sulfone groups is 1. The third kappa shape index (κ3) is 2.58. The molecule has 0 saturated heterocycles. The van der Waals surface area contributed by atoms with Crippen LogP contribution in [0.2, 0.25) is 0 Å². The van der Waals surface area contributed by atoms with E-state index in [0.717, 1.165) is 10.4 Å². The molecule has 1 aliphatic rings. The van der Waals surface area contributed by atoms with Crippen molar-refractivity contribution in [1.29, 1.82) is 5.26 Å². The number of aryl methyl sites for hydroxylation is 1. The zero-order chi connectivity index (χ0) is 16.0. The number of nitrogens with one attached hydrogen (secondary N) is 1. The first kappa shape index (κ1) is 16.0. The largest absolute Gasteiger partial charge is 0.315 e. The van der Waals surface area contributed by atoms with Crippen LogP contribution in [0.5, 0.6) is 0 Å². The number of hydrogen-bond donors (Lipinski definition) is 1. The van der Waals surface area contributed by atoms with Crippen LogP contribution < -0.4 is 5.32 Å². The summed E-state index contributed by atoms with van der Waals surface area (Å²) in [6, 6.07) is 2.06. The SMILES string of the molecule is Cc1sc(NC(=O)C(C)(C)S(=O)(=O)C2CC2)c(C#N)c1C. The van der Waals surface area contributed by atoms with Crippen molar-refractivity contribution in [3.05, 3.63) is 16.0 Å². The molecule has 7 heteroatoms. The summed E-state index contributed by atoms with van der Waals surface area (Å²) in [5.74, 6) is -0.577. The summed E-state index contributed by atoms with van der Waals surface area (Å²) in [5.41, 5.74) is 1.23. The van der Waals surface area contributed by atoms with Crippen LogP contribution in [0.3, 0.4) is 0 Å². The molecule has 21 heavy (non-hydrogen) atoms. The van der Waals surface area contributed by atoms with Gasteiger partial charge in [-0.2, -0.15) is 5.26 Å². The molecule has 0 aromatic carbocycles. The summed E-state index contributed by atoms with van der Waals surface area (Å²) < 4.78 is 23.2. The van der Waals surface area contributed by atoms with E-state index in [1.807, 2.05) is 13.8 Å². The van der Waals surface area contributed by atoms with Crippen LogP contribution in [0.4, 0.5) is 5.00 Å². The highest BCUT2D eigenvalue weighted by Gasteiger charge is 2.50. The van der Waals surface area contributed by atoms with Crippen molar-refractivity contribution in [1.82, 2.24) is 0 Å². The van der Waals surface area contributed by atoms with Crippen LogP contribution >= 0.6 is 11.3 Å². The number of rotatable bonds is 4. The minimum atomic E-state index is -3.50. The molecule has 0 bridgehead atoms. The molecule has 1 aromatic heterocycles. The molecule has 1 N–H and O–H groups in total. The summed E-state index contributed by atoms with van der Waals surface area (Å²) >= 11 is 1.30. The molecule has 1 saturated carbocycles. The second-order valence-corrected chi connectivity index (χ2v) is 9.81. The van der Waals surface area contributed by atoms with Gasteiger partial charge in [-0.25, -0.2) is 8.42 Å². The van der Waals surface area contributed by atoms with E-state index in [1.54, 1.807) is 0 Å². The molecule has 5 nitrogen and oxygen atoms in total. The fourth-order valence-corrected chi connectivity index (χ4v) is 4.93. The van der Waals surface area contributed by atoms with E-state index in [-0.39, 0.29) is 0 Å². The van der Waals surface area contributed by atoms with E-state index in [1.165, 1.54) is 25.2 Å². The first-order chi connectivity index (χ1) is 9.62. The fraction of sp³-hybridized carbons (Fsp3) is 0.571. The van der Waals surface area contributed by atoms with Gasteiger partial charge in [0.2, 0.25) is 5.91 Å². The van der Waals surface area contributed by atoms with Crippen LogP contribution in [0.25, 0.3) is 0 Å². The Kier molecular flexibility index (Phi) is 3.89. The van der Waals surface area contributed by atoms with Crippen LogP contribution in [-0.2, 0) is 14.6 Å². The number of anilines is 1. The van der Waals surface area contributed by atoms with Gasteiger partial charge < -0.3 is 5.32 Å². The van der Waals surface area contributed by atoms with Crippen molar-refractivity contribution in [2.75, 3.05) is 5.32 Å². The van der Waals surface area contributed by atoms with Gasteiger partial charge in [0.1, 0.15) is 15.8 Å². The number of hydrogen-bond acceptors (Lipinski definition) is 5. The van der Waals surface area contributed by atoms with Crippen molar-refractivity contribution >= 4 is 32.1 Å². The standard InChI is InChI=1S/C14H18N2O3S2/c1-8-9(2)20-12(11(8)7-15)16-13(17)14(3,4)21(18,19)10-5-6-10/h10H,5-6H2,1-4H3,(H,16,17). The Morgan fingerprint density at radius 2 is 1.95 bits per heavy atom. The second kappa shape index (κ2) is 5.11. The maximum atomic E-state index is 12.4. The van der Waals surface area contributed by atoms with Crippen molar-refractivity contribution in [2.45, 2.75) is 50.5 Å². The predicted octanol–water partition coefficient (Wildman–Crippen LogP) is 2.53. The van der Waals surface area contributed by atoms with Gasteiger partial charge >= 0.3 is 0 Å². The first-order valence-electron chi connectivity index (χ1n) is 6.68. The predicted molar refractivity (Wildman–Crippen MR) is 83.2 cm³/mol. The number of carbonyl (C=O) groups is 1. The molecular weight excluding hydrogens is 308 g/mol. The Balaban J connectivity index is 2.30. The van der Waals surface area contributed by atoms with E-state index in [4.69, 9.17) is 0 Å². The summed E-state index contributed by atoms with van der Waals surface area (Å²) in [7, 11) is -3.50. The van der Waals surface area contributed by atoms with Gasteiger partial charge in [-0.05, 0) is 46.1 Å². The highest BCUT2D eigenvalue weighted by atomic mass is 32.2. The molecule has 1 aliphatic carbocycles. The van der Waals surface area contributed by atoms with Gasteiger partial charge in [0.25, 0.3) is 0 Å². The maximum Gasteiger partial charge on any atom is 0.245 e. The Morgan fingerprint density at radius 3 is 2.43 bits per heavy atom. The quantitative estimate of drug-likeness (QED) is 0.921. The van der Waals surface area contributed by atoms with Crippen molar-refractivity contribution in [2.24, 2.45) is 0 Å². The Labute approximate surface area is 128 Å². The van der Waals surface area contributed by atoms with Gasteiger partial charge in [-0.3, -0.25) is 4.79 Å². The summed E-state index contributed by atoms with van der Waals surface area (Å²) in [4.78, 5) is 13.3. The molecule has 2 rings (SSSR count). The highest BCUT2D eigenvalue weighted by molar-refractivity contribution is 7.94. The summed E-state index contributed by atoms with van der Waals surface area (Å²) in [6.45, 7) is 6.53. The highest BCUT2D eigenvalue weighted by Crippen LogP contribution is 2.38. The minimum absolute atomic E-state index is 0.402. The molecule has 0 unspecified atom stereocenters. The Morgan fingerprint density at radius 1 is 1.38 bits per heavy atom. The normalized spacial score (nSPS) is 15.6. The second-order valence-electron chi connectivity index (χ2n) is 5.81. The molecule has 0 aliphatic heterocycles. The lowest BCUT2D eigenvalue weighted by Gasteiger charge is -2.23. The molecular formula is C14H18N2O3S2. The average Bonchev–Trinajstić information content (AvgIpc) is 3.19. The molecule has 1 amide bonds. The smallest absolute Gasteiger partial charge is 0.245 e. The maximum absolute atomic E-state index is 12.4. The molecule has 1 aromatic rings. The van der Waals surface area contributed by atoms with E-state index >= 15 is 0 Å². The number of amides is 1. The van der Waals surface area contributed by atoms with Gasteiger partial charge in [-0.15, -0.1) is 11.3 Å². The molecule has 0 radical (unpaired) electrons. The number of thiophene rings is 1. The van der Waals surface area contributed by atoms with Crippen LogP contribution in [0.15, 0.2) is 0 Å². The van der Waals surface area contributed by atoms with Crippen LogP contribution in [-0.4, -0.2) is 24.3 Å². The number of carbonyl (C=O) groups excluding carboxylic acids is 1. The molecule has 1 fully saturated rings. The van der Waals surface area contributed by atoms with Crippen molar-refractivity contribution < 1.29 is 13.2 Å². The fourth-order valence-electron chi connectivity index (χ4n) is 2.03. The van der Waals surface area contributed by atoms with Crippen LogP contribution in [0, 0.1) is 25.2 Å². The molecule has 1 heterocycles. The summed E-state index contributed by atoms with van der Waals surface area (Å²) in [6.07, 6.45) is 1.25. The van der Waals surface area contributed by atoms with Crippen molar-refractivity contribution in [3.63, 3.8) is 0 Å². The van der Waals surface area contributed by atoms with E-state index in [2.05, 4.69) is 11.4 Å². The topological polar surface area (TPSA) is 87.0 Å². The van der Waals surface area contributed by atoms with E-state index in [9.17, 15) is 18.5 Å². The third-order valence-corrected chi connectivity index (χ3v) is 8.03. The van der Waals surface area contributed by atoms with E-state index < -0.39 is 25.7 Å². The third-order valence-electron chi connectivity index (χ3n) is 3.95. The van der Waals surface area contributed by atoms with Gasteiger partial charge in [0.05, 0.1) is 10.8 Å².